The van der Waals surface area contributed by atoms with E-state index in [9.17, 15) is 39.9 Å². The largest absolute Gasteiger partial charge is 0.508 e. The summed E-state index contributed by atoms with van der Waals surface area (Å²) in [5, 5.41) is 57.0. The number of phenolic OH excluding ortho intramolecular Hbond substituents is 1. The van der Waals surface area contributed by atoms with Gasteiger partial charge >= 0.3 is 0 Å². The molecule has 1 fully saturated rings. The Hall–Kier alpha value is -3.99. The molecule has 6 atom stereocenters. The monoisotopic (exact) mass is 548 g/mol. The lowest BCUT2D eigenvalue weighted by molar-refractivity contribution is -0.169. The first-order valence-electron chi connectivity index (χ1n) is 12.9. The number of hydrogen-bond donors (Lipinski definition) is 6. The molecule has 7 N–H and O–H groups in total. The van der Waals surface area contributed by atoms with E-state index in [0.717, 1.165) is 16.7 Å². The summed E-state index contributed by atoms with van der Waals surface area (Å²) >= 11 is 0. The highest BCUT2D eigenvalue weighted by Crippen LogP contribution is 2.56. The lowest BCUT2D eigenvalue weighted by Crippen LogP contribution is -2.70. The van der Waals surface area contributed by atoms with Crippen LogP contribution >= 0.6 is 0 Å². The molecule has 5 rings (SSSR count). The van der Waals surface area contributed by atoms with Crippen molar-refractivity contribution >= 4 is 23.2 Å². The van der Waals surface area contributed by atoms with E-state index in [1.807, 2.05) is 32.0 Å². The number of phenols is 1. The average molecular weight is 549 g/mol. The maximum absolute atomic E-state index is 14.2. The van der Waals surface area contributed by atoms with Gasteiger partial charge in [-0.2, -0.15) is 0 Å². The Balaban J connectivity index is 1.80. The number of primary amides is 1. The number of Topliss-reactive ketones (excluding diaryl/α,β-unsaturated/α-hetero) is 2. The van der Waals surface area contributed by atoms with Gasteiger partial charge in [-0.1, -0.05) is 41.5 Å². The predicted molar refractivity (Wildman–Crippen MR) is 144 cm³/mol. The first kappa shape index (κ1) is 27.6. The summed E-state index contributed by atoms with van der Waals surface area (Å²) in [7, 11) is 2.95. The van der Waals surface area contributed by atoms with Crippen LogP contribution in [0.15, 0.2) is 53.3 Å². The van der Waals surface area contributed by atoms with Crippen molar-refractivity contribution in [1.29, 1.82) is 0 Å². The number of nitrogens with two attached hydrogens (primary N) is 1. The Morgan fingerprint density at radius 1 is 1.05 bits per heavy atom. The molecule has 2 aromatic carbocycles. The quantitative estimate of drug-likeness (QED) is 0.307. The number of amides is 1. The maximum atomic E-state index is 14.2. The smallest absolute Gasteiger partial charge is 0.255 e. The third kappa shape index (κ3) is 3.71. The fourth-order valence-corrected chi connectivity index (χ4v) is 7.08. The molecule has 40 heavy (non-hydrogen) atoms. The Kier molecular flexibility index (Phi) is 6.41. The summed E-state index contributed by atoms with van der Waals surface area (Å²) in [6, 6.07) is 9.14. The van der Waals surface area contributed by atoms with Crippen LogP contribution in [-0.2, 0) is 20.8 Å². The Morgan fingerprint density at radius 2 is 1.68 bits per heavy atom. The summed E-state index contributed by atoms with van der Waals surface area (Å²) in [5.74, 6) is -9.11. The van der Waals surface area contributed by atoms with Crippen LogP contribution in [0, 0.1) is 25.7 Å². The van der Waals surface area contributed by atoms with Gasteiger partial charge in [0, 0.05) is 11.5 Å². The van der Waals surface area contributed by atoms with Crippen molar-refractivity contribution in [3.63, 3.8) is 0 Å². The summed E-state index contributed by atoms with van der Waals surface area (Å²) < 4.78 is 0. The lowest BCUT2D eigenvalue weighted by atomic mass is 9.53. The molecule has 0 spiro atoms. The normalized spacial score (nSPS) is 29.8. The van der Waals surface area contributed by atoms with Gasteiger partial charge in [0.2, 0.25) is 5.78 Å². The van der Waals surface area contributed by atoms with Crippen LogP contribution in [0.4, 0.5) is 0 Å². The van der Waals surface area contributed by atoms with Crippen molar-refractivity contribution in [2.45, 2.75) is 43.9 Å². The SMILES string of the molecule is Cc1cc(C)cc(CC2c3cccc(O)c3C(O)=C3C(=O)[C@@]4(O)C(O)=C(C(N)=O)C(=O)[C@H](N(C)C)[C@H]4[C@H](O)[C@H]32)c1. The van der Waals surface area contributed by atoms with Gasteiger partial charge in [-0.3, -0.25) is 19.3 Å². The second kappa shape index (κ2) is 9.29. The first-order chi connectivity index (χ1) is 18.7. The second-order valence-electron chi connectivity index (χ2n) is 11.3. The van der Waals surface area contributed by atoms with E-state index < -0.39 is 75.6 Å². The van der Waals surface area contributed by atoms with Crippen LogP contribution in [0.2, 0.25) is 0 Å². The summed E-state index contributed by atoms with van der Waals surface area (Å²) in [6.45, 7) is 3.88. The van der Waals surface area contributed by atoms with E-state index in [0.29, 0.717) is 5.56 Å². The third-order valence-electron chi connectivity index (χ3n) is 8.53. The van der Waals surface area contributed by atoms with Gasteiger partial charge in [0.1, 0.15) is 22.8 Å². The van der Waals surface area contributed by atoms with E-state index >= 15 is 0 Å². The highest BCUT2D eigenvalue weighted by atomic mass is 16.4. The molecule has 3 aliphatic rings. The molecule has 0 bridgehead atoms. The van der Waals surface area contributed by atoms with Crippen LogP contribution in [0.5, 0.6) is 5.75 Å². The van der Waals surface area contributed by atoms with Crippen molar-refractivity contribution in [2.75, 3.05) is 14.1 Å². The molecule has 0 saturated heterocycles. The van der Waals surface area contributed by atoms with E-state index in [2.05, 4.69) is 0 Å². The fourth-order valence-electron chi connectivity index (χ4n) is 7.08. The molecule has 0 aliphatic heterocycles. The minimum Gasteiger partial charge on any atom is -0.508 e. The Labute approximate surface area is 230 Å². The lowest BCUT2D eigenvalue weighted by Gasteiger charge is -2.54. The van der Waals surface area contributed by atoms with Gasteiger partial charge in [-0.25, -0.2) is 0 Å². The van der Waals surface area contributed by atoms with Gasteiger partial charge in [-0.05, 0) is 57.5 Å². The zero-order valence-corrected chi connectivity index (χ0v) is 22.5. The number of fused-ring (bicyclic) bond motifs is 3. The molecular formula is C30H32N2O8. The number of aromatic hydroxyl groups is 1. The Morgan fingerprint density at radius 3 is 2.25 bits per heavy atom. The van der Waals surface area contributed by atoms with E-state index in [1.165, 1.54) is 25.1 Å². The minimum absolute atomic E-state index is 0.0274. The molecule has 10 heteroatoms. The first-order valence-corrected chi connectivity index (χ1v) is 12.9. The Bertz CT molecular complexity index is 1520. The number of carbonyl (C=O) groups is 3. The molecule has 0 heterocycles. The highest BCUT2D eigenvalue weighted by molar-refractivity contribution is 6.24. The molecular weight excluding hydrogens is 516 g/mol. The molecule has 10 nitrogen and oxygen atoms in total. The van der Waals surface area contributed by atoms with Crippen LogP contribution in [0.3, 0.4) is 0 Å². The molecule has 0 radical (unpaired) electrons. The number of ketones is 2. The van der Waals surface area contributed by atoms with Crippen LogP contribution < -0.4 is 5.73 Å². The zero-order chi connectivity index (χ0) is 29.4. The highest BCUT2D eigenvalue weighted by Gasteiger charge is 2.68. The van der Waals surface area contributed by atoms with E-state index in [4.69, 9.17) is 5.73 Å². The molecule has 1 unspecified atom stereocenters. The van der Waals surface area contributed by atoms with Gasteiger partial charge in [0.05, 0.1) is 23.6 Å². The number of aryl methyl sites for hydroxylation is 2. The molecule has 210 valence electrons. The van der Waals surface area contributed by atoms with Gasteiger partial charge in [0.15, 0.2) is 11.4 Å². The van der Waals surface area contributed by atoms with Crippen molar-refractivity contribution in [3.05, 3.63) is 81.1 Å². The van der Waals surface area contributed by atoms with E-state index in [1.54, 1.807) is 12.1 Å². The number of benzene rings is 2. The molecule has 1 amide bonds. The molecule has 2 aromatic rings. The van der Waals surface area contributed by atoms with Crippen molar-refractivity contribution in [2.24, 2.45) is 17.6 Å². The maximum Gasteiger partial charge on any atom is 0.255 e. The number of rotatable bonds is 4. The predicted octanol–water partition coefficient (Wildman–Crippen LogP) is 1.34. The number of likely N-dealkylation sites (N-methyl/N-ethyl adjacent to an activating group) is 1. The summed E-state index contributed by atoms with van der Waals surface area (Å²) in [6.07, 6.45) is -1.37. The van der Waals surface area contributed by atoms with Crippen LogP contribution in [0.1, 0.15) is 33.7 Å². The number of nitrogens with zero attached hydrogens (tertiary/aromatic N) is 1. The molecule has 3 aliphatic carbocycles. The van der Waals surface area contributed by atoms with E-state index in [-0.39, 0.29) is 17.7 Å². The minimum atomic E-state index is -2.95. The van der Waals surface area contributed by atoms with Gasteiger partial charge in [0.25, 0.3) is 5.91 Å². The van der Waals surface area contributed by atoms with Crippen molar-refractivity contribution < 1.29 is 39.9 Å². The fraction of sp³-hybridized carbons (Fsp3) is 0.367. The number of aliphatic hydroxyl groups excluding tert-OH is 3. The van der Waals surface area contributed by atoms with Crippen molar-refractivity contribution in [1.82, 2.24) is 4.90 Å². The number of carbonyl (C=O) groups excluding carboxylic acids is 3. The average Bonchev–Trinajstić information content (AvgIpc) is 2.84. The third-order valence-corrected chi connectivity index (χ3v) is 8.53. The standard InChI is InChI=1S/C30H32N2O8/c1-12-8-13(2)10-14(9-12)11-16-15-6-5-7-17(33)18(15)24(34)20-19(16)25(35)22-23(32(3)4)26(36)21(29(31)39)28(38)30(22,40)27(20)37/h5-10,16,19,22-23,25,33-35,38,40H,11H2,1-4H3,(H2,31,39)/t16?,19-,22-,23+,25+,30+/m0/s1. The molecule has 0 aromatic heterocycles. The molecule has 1 saturated carbocycles. The topological polar surface area (TPSA) is 182 Å². The van der Waals surface area contributed by atoms with Gasteiger partial charge < -0.3 is 31.3 Å². The summed E-state index contributed by atoms with van der Waals surface area (Å²) in [4.78, 5) is 41.2. The van der Waals surface area contributed by atoms with Gasteiger partial charge in [-0.15, -0.1) is 0 Å². The zero-order valence-electron chi connectivity index (χ0n) is 22.5. The van der Waals surface area contributed by atoms with Crippen LogP contribution in [0.25, 0.3) is 5.76 Å². The number of hydrogen-bond acceptors (Lipinski definition) is 9. The van der Waals surface area contributed by atoms with Crippen LogP contribution in [-0.4, -0.2) is 79.7 Å². The second-order valence-corrected chi connectivity index (χ2v) is 11.3. The summed E-state index contributed by atoms with van der Waals surface area (Å²) in [5.41, 5.74) is 4.39. The van der Waals surface area contributed by atoms with Crippen molar-refractivity contribution in [3.8, 4) is 5.75 Å². The number of aliphatic hydroxyl groups is 4.